The van der Waals surface area contributed by atoms with Gasteiger partial charge >= 0.3 is 5.97 Å². The number of unbranched alkanes of at least 4 members (excludes halogenated alkanes) is 1. The first-order valence-corrected chi connectivity index (χ1v) is 13.5. The molecule has 0 atom stereocenters. The first-order valence-electron chi connectivity index (χ1n) is 13.5. The number of hydrogen-bond donors (Lipinski definition) is 0. The van der Waals surface area contributed by atoms with Gasteiger partial charge in [0, 0.05) is 31.7 Å². The highest BCUT2D eigenvalue weighted by atomic mass is 16.6. The second-order valence-electron chi connectivity index (χ2n) is 9.92. The van der Waals surface area contributed by atoms with Crippen LogP contribution in [0.1, 0.15) is 34.6 Å². The summed E-state index contributed by atoms with van der Waals surface area (Å²) in [6.07, 6.45) is 1.51. The molecule has 0 spiro atoms. The number of carbonyl (C=O) groups excluding carboxylic acids is 1. The maximum atomic E-state index is 13.3. The van der Waals surface area contributed by atoms with E-state index in [0.29, 0.717) is 28.7 Å². The van der Waals surface area contributed by atoms with Crippen molar-refractivity contribution in [3.63, 3.8) is 0 Å². The predicted octanol–water partition coefficient (Wildman–Crippen LogP) is 4.58. The fraction of sp³-hybridized carbons (Fsp3) is 0.379. The number of nitro groups is 1. The van der Waals surface area contributed by atoms with E-state index in [0.717, 1.165) is 50.6 Å². The molecule has 3 heterocycles. The summed E-state index contributed by atoms with van der Waals surface area (Å²) in [7, 11) is 1.69. The minimum Gasteiger partial charge on any atom is -0.495 e. The highest BCUT2D eigenvalue weighted by Gasteiger charge is 2.31. The Morgan fingerprint density at radius 2 is 1.80 bits per heavy atom. The summed E-state index contributed by atoms with van der Waals surface area (Å²) in [5.74, 6) is 0.219. The Morgan fingerprint density at radius 3 is 2.56 bits per heavy atom. The Balaban J connectivity index is 1.21. The van der Waals surface area contributed by atoms with Gasteiger partial charge in [-0.05, 0) is 61.7 Å². The van der Waals surface area contributed by atoms with Gasteiger partial charge in [-0.1, -0.05) is 24.3 Å². The maximum Gasteiger partial charge on any atom is 0.340 e. The Morgan fingerprint density at radius 1 is 1.02 bits per heavy atom. The van der Waals surface area contributed by atoms with Crippen molar-refractivity contribution in [1.29, 1.82) is 0 Å². The molecule has 1 aliphatic heterocycles. The second-order valence-corrected chi connectivity index (χ2v) is 9.92. The van der Waals surface area contributed by atoms with E-state index < -0.39 is 10.9 Å². The van der Waals surface area contributed by atoms with Gasteiger partial charge in [0.15, 0.2) is 0 Å². The largest absolute Gasteiger partial charge is 0.495 e. The molecule has 4 aromatic rings. The number of carbonyl (C=O) groups is 1. The van der Waals surface area contributed by atoms with Gasteiger partial charge in [0.2, 0.25) is 0 Å². The molecule has 214 valence electrons. The van der Waals surface area contributed by atoms with Gasteiger partial charge in [-0.25, -0.2) is 9.42 Å². The van der Waals surface area contributed by atoms with Crippen LogP contribution in [0, 0.1) is 24.0 Å². The number of aryl methyl sites for hydroxylation is 2. The molecule has 0 amide bonds. The summed E-state index contributed by atoms with van der Waals surface area (Å²) < 4.78 is 16.0. The Kier molecular flexibility index (Phi) is 8.39. The third-order valence-electron chi connectivity index (χ3n) is 7.37. The molecule has 1 saturated heterocycles. The van der Waals surface area contributed by atoms with Crippen LogP contribution in [0.25, 0.3) is 22.2 Å². The number of para-hydroxylation sites is 2. The molecule has 0 unspecified atom stereocenters. The number of rotatable bonds is 10. The minimum atomic E-state index is -0.660. The van der Waals surface area contributed by atoms with Gasteiger partial charge in [0.25, 0.3) is 5.69 Å². The van der Waals surface area contributed by atoms with Gasteiger partial charge in [-0.2, -0.15) is 0 Å². The zero-order valence-corrected chi connectivity index (χ0v) is 23.3. The molecule has 0 radical (unpaired) electrons. The zero-order chi connectivity index (χ0) is 28.9. The first kappa shape index (κ1) is 28.0. The molecule has 0 aliphatic carbocycles. The summed E-state index contributed by atoms with van der Waals surface area (Å²) in [4.78, 5) is 33.9. The number of aromatic nitrogens is 3. The smallest absolute Gasteiger partial charge is 0.340 e. The Bertz CT molecular complexity index is 1560. The number of methoxy groups -OCH3 is 1. The third-order valence-corrected chi connectivity index (χ3v) is 7.37. The number of anilines is 1. The molecule has 41 heavy (non-hydrogen) atoms. The van der Waals surface area contributed by atoms with Crippen LogP contribution in [0.2, 0.25) is 0 Å². The third kappa shape index (κ3) is 5.82. The molecule has 12 heteroatoms. The van der Waals surface area contributed by atoms with Crippen LogP contribution < -0.4 is 9.64 Å². The summed E-state index contributed by atoms with van der Waals surface area (Å²) in [5, 5.41) is 19.9. The van der Waals surface area contributed by atoms with Crippen molar-refractivity contribution < 1.29 is 23.8 Å². The van der Waals surface area contributed by atoms with Crippen LogP contribution in [0.3, 0.4) is 0 Å². The summed E-state index contributed by atoms with van der Waals surface area (Å²) in [6, 6.07) is 13.1. The quantitative estimate of drug-likeness (QED) is 0.117. The molecule has 2 aromatic heterocycles. The van der Waals surface area contributed by atoms with Crippen LogP contribution in [0.5, 0.6) is 5.75 Å². The first-order chi connectivity index (χ1) is 19.9. The van der Waals surface area contributed by atoms with E-state index in [2.05, 4.69) is 31.2 Å². The molecule has 0 N–H and O–H groups in total. The molecule has 1 fully saturated rings. The number of pyridine rings is 1. The summed E-state index contributed by atoms with van der Waals surface area (Å²) >= 11 is 0. The predicted molar refractivity (Wildman–Crippen MR) is 152 cm³/mol. The fourth-order valence-electron chi connectivity index (χ4n) is 5.36. The van der Waals surface area contributed by atoms with E-state index in [1.165, 1.54) is 0 Å². The van der Waals surface area contributed by atoms with Crippen molar-refractivity contribution in [1.82, 2.24) is 20.2 Å². The molecule has 1 aliphatic rings. The monoisotopic (exact) mass is 560 g/mol. The van der Waals surface area contributed by atoms with Gasteiger partial charge in [0.1, 0.15) is 22.5 Å². The number of esters is 1. The summed E-state index contributed by atoms with van der Waals surface area (Å²) in [5.41, 5.74) is 2.64. The normalized spacial score (nSPS) is 13.9. The molecule has 5 rings (SSSR count). The van der Waals surface area contributed by atoms with E-state index in [1.54, 1.807) is 39.2 Å². The zero-order valence-electron chi connectivity index (χ0n) is 23.3. The van der Waals surface area contributed by atoms with E-state index in [1.807, 2.05) is 18.2 Å². The lowest BCUT2D eigenvalue weighted by Gasteiger charge is -2.36. The van der Waals surface area contributed by atoms with Crippen LogP contribution >= 0.6 is 0 Å². The van der Waals surface area contributed by atoms with Crippen molar-refractivity contribution in [3.05, 3.63) is 69.5 Å². The van der Waals surface area contributed by atoms with Crippen molar-refractivity contribution in [3.8, 4) is 16.9 Å². The lowest BCUT2D eigenvalue weighted by Crippen LogP contribution is -2.46. The maximum absolute atomic E-state index is 13.3. The molecular weight excluding hydrogens is 528 g/mol. The van der Waals surface area contributed by atoms with Crippen LogP contribution in [0.15, 0.2) is 47.1 Å². The van der Waals surface area contributed by atoms with Crippen LogP contribution in [0.4, 0.5) is 11.4 Å². The second kappa shape index (κ2) is 12.3. The lowest BCUT2D eigenvalue weighted by atomic mass is 9.95. The molecule has 0 bridgehead atoms. The Labute approximate surface area is 237 Å². The number of fused-ring (bicyclic) bond motifs is 1. The Hall–Kier alpha value is -4.58. The minimum absolute atomic E-state index is 0.0465. The van der Waals surface area contributed by atoms with Crippen molar-refractivity contribution in [2.24, 2.45) is 0 Å². The lowest BCUT2D eigenvalue weighted by molar-refractivity contribution is -0.385. The van der Waals surface area contributed by atoms with E-state index in [-0.39, 0.29) is 29.1 Å². The molecule has 2 aromatic carbocycles. The van der Waals surface area contributed by atoms with Crippen LogP contribution in [-0.2, 0) is 4.74 Å². The average molecular weight is 561 g/mol. The SMILES string of the molecule is COc1ccccc1N1CCN(CCCCOC(=O)c2c(C)nc(C)c([N+](=O)[O-])c2-c2cccc3nonc23)CC1. The molecule has 12 nitrogen and oxygen atoms in total. The average Bonchev–Trinajstić information content (AvgIpc) is 3.46. The standard InChI is InChI=1S/C29H32N6O6/c1-19-25(26(28(35(37)38)20(2)30-19)21-9-8-10-22-27(21)32-41-31-22)29(36)40-18-7-6-13-33-14-16-34(17-15-33)23-11-4-5-12-24(23)39-3/h4-5,8-12H,6-7,13-18H2,1-3H3. The van der Waals surface area contributed by atoms with Crippen molar-refractivity contribution >= 4 is 28.4 Å². The van der Waals surface area contributed by atoms with Gasteiger partial charge < -0.3 is 14.4 Å². The highest BCUT2D eigenvalue weighted by molar-refractivity contribution is 6.05. The number of nitrogens with zero attached hydrogens (tertiary/aromatic N) is 6. The molecule has 0 saturated carbocycles. The number of piperazine rings is 1. The van der Waals surface area contributed by atoms with Crippen LogP contribution in [-0.4, -0.2) is 77.5 Å². The van der Waals surface area contributed by atoms with Gasteiger partial charge in [-0.15, -0.1) is 0 Å². The van der Waals surface area contributed by atoms with Gasteiger partial charge in [-0.3, -0.25) is 20.0 Å². The highest BCUT2D eigenvalue weighted by Crippen LogP contribution is 2.39. The van der Waals surface area contributed by atoms with Crippen molar-refractivity contribution in [2.45, 2.75) is 26.7 Å². The van der Waals surface area contributed by atoms with Gasteiger partial charge in [0.05, 0.1) is 41.1 Å². The van der Waals surface area contributed by atoms with E-state index >= 15 is 0 Å². The van der Waals surface area contributed by atoms with Crippen molar-refractivity contribution in [2.75, 3.05) is 51.3 Å². The van der Waals surface area contributed by atoms with E-state index in [9.17, 15) is 14.9 Å². The number of hydrogen-bond acceptors (Lipinski definition) is 11. The summed E-state index contributed by atoms with van der Waals surface area (Å²) in [6.45, 7) is 7.94. The van der Waals surface area contributed by atoms with E-state index in [4.69, 9.17) is 14.1 Å². The topological polar surface area (TPSA) is 137 Å². The number of benzene rings is 2. The number of ether oxygens (including phenoxy) is 2. The molecular formula is C29H32N6O6. The fourth-order valence-corrected chi connectivity index (χ4v) is 5.36.